The average molecular weight is 468 g/mol. The van der Waals surface area contributed by atoms with Gasteiger partial charge in [-0.15, -0.1) is 24.0 Å². The van der Waals surface area contributed by atoms with Crippen LogP contribution >= 0.6 is 24.0 Å². The topological polar surface area (TPSA) is 58.1 Å². The molecule has 6 nitrogen and oxygen atoms in total. The molecule has 2 fully saturated rings. The third kappa shape index (κ3) is 9.40. The van der Waals surface area contributed by atoms with Crippen molar-refractivity contribution in [3.63, 3.8) is 0 Å². The fourth-order valence-electron chi connectivity index (χ4n) is 3.44. The van der Waals surface area contributed by atoms with E-state index in [1.165, 1.54) is 25.7 Å². The quantitative estimate of drug-likeness (QED) is 0.223. The number of aliphatic imine (C=N–C) groups is 1. The molecule has 1 saturated carbocycles. The molecular weight excluding hydrogens is 431 g/mol. The summed E-state index contributed by atoms with van der Waals surface area (Å²) in [5.41, 5.74) is 0. The molecule has 2 rings (SSSR count). The van der Waals surface area contributed by atoms with Crippen LogP contribution < -0.4 is 10.6 Å². The Balaban J connectivity index is 0.00000312. The highest BCUT2D eigenvalue weighted by atomic mass is 127. The van der Waals surface area contributed by atoms with Gasteiger partial charge in [0.25, 0.3) is 0 Å². The molecule has 0 spiro atoms. The van der Waals surface area contributed by atoms with Crippen LogP contribution in [0, 0.1) is 5.92 Å². The first kappa shape index (κ1) is 22.9. The highest BCUT2D eigenvalue weighted by Crippen LogP contribution is 2.21. The van der Waals surface area contributed by atoms with E-state index in [1.54, 1.807) is 0 Å². The Morgan fingerprint density at radius 1 is 1.20 bits per heavy atom. The average Bonchev–Trinajstić information content (AvgIpc) is 3.29. The van der Waals surface area contributed by atoms with Crippen LogP contribution in [-0.4, -0.2) is 77.1 Å². The molecule has 0 aromatic carbocycles. The van der Waals surface area contributed by atoms with E-state index in [1.807, 2.05) is 7.05 Å². The Morgan fingerprint density at radius 3 is 2.64 bits per heavy atom. The zero-order valence-electron chi connectivity index (χ0n) is 16.0. The maximum atomic E-state index is 5.72. The molecule has 148 valence electrons. The van der Waals surface area contributed by atoms with E-state index in [9.17, 15) is 0 Å². The number of nitrogens with zero attached hydrogens (tertiary/aromatic N) is 2. The number of hydrogen-bond donors (Lipinski definition) is 2. The van der Waals surface area contributed by atoms with Gasteiger partial charge in [-0.2, -0.15) is 0 Å². The van der Waals surface area contributed by atoms with Crippen molar-refractivity contribution >= 4 is 29.9 Å². The Kier molecular flexibility index (Phi) is 12.8. The number of guanidine groups is 1. The Bertz CT molecular complexity index is 359. The van der Waals surface area contributed by atoms with Gasteiger partial charge in [-0.05, 0) is 32.7 Å². The van der Waals surface area contributed by atoms with E-state index < -0.39 is 0 Å². The predicted octanol–water partition coefficient (Wildman–Crippen LogP) is 2.09. The first-order valence-electron chi connectivity index (χ1n) is 9.60. The van der Waals surface area contributed by atoms with Crippen LogP contribution in [0.2, 0.25) is 0 Å². The van der Waals surface area contributed by atoms with Crippen LogP contribution in [0.3, 0.4) is 0 Å². The summed E-state index contributed by atoms with van der Waals surface area (Å²) in [6, 6.07) is 0.782. The van der Waals surface area contributed by atoms with Gasteiger partial charge in [0.15, 0.2) is 5.96 Å². The summed E-state index contributed by atoms with van der Waals surface area (Å²) in [7, 11) is 4.06. The lowest BCUT2D eigenvalue weighted by molar-refractivity contribution is 0.0888. The van der Waals surface area contributed by atoms with Crippen molar-refractivity contribution in [2.75, 3.05) is 60.2 Å². The Morgan fingerprint density at radius 2 is 1.96 bits per heavy atom. The summed E-state index contributed by atoms with van der Waals surface area (Å²) >= 11 is 0. The van der Waals surface area contributed by atoms with E-state index in [4.69, 9.17) is 9.47 Å². The van der Waals surface area contributed by atoms with E-state index >= 15 is 0 Å². The van der Waals surface area contributed by atoms with Crippen molar-refractivity contribution in [2.24, 2.45) is 10.9 Å². The van der Waals surface area contributed by atoms with E-state index in [0.717, 1.165) is 70.9 Å². The van der Waals surface area contributed by atoms with Crippen molar-refractivity contribution in [1.29, 1.82) is 0 Å². The predicted molar refractivity (Wildman–Crippen MR) is 114 cm³/mol. The van der Waals surface area contributed by atoms with E-state index in [0.29, 0.717) is 5.92 Å². The smallest absolute Gasteiger partial charge is 0.191 e. The monoisotopic (exact) mass is 468 g/mol. The minimum absolute atomic E-state index is 0. The molecular formula is C18H37IN4O2. The minimum atomic E-state index is 0. The van der Waals surface area contributed by atoms with Crippen LogP contribution in [-0.2, 0) is 9.47 Å². The fraction of sp³-hybridized carbons (Fsp3) is 0.944. The number of nitrogens with one attached hydrogen (secondary N) is 2. The summed E-state index contributed by atoms with van der Waals surface area (Å²) < 4.78 is 11.1. The molecule has 0 aromatic heterocycles. The van der Waals surface area contributed by atoms with Crippen molar-refractivity contribution in [2.45, 2.75) is 44.6 Å². The lowest BCUT2D eigenvalue weighted by Crippen LogP contribution is -2.42. The van der Waals surface area contributed by atoms with Crippen molar-refractivity contribution in [3.05, 3.63) is 0 Å². The number of likely N-dealkylation sites (N-methyl/N-ethyl adjacent to an activating group) is 1. The molecule has 0 bridgehead atoms. The first-order chi connectivity index (χ1) is 11.8. The van der Waals surface area contributed by atoms with Gasteiger partial charge in [0, 0.05) is 51.9 Å². The van der Waals surface area contributed by atoms with E-state index in [-0.39, 0.29) is 24.0 Å². The molecule has 0 amide bonds. The van der Waals surface area contributed by atoms with Gasteiger partial charge in [0.1, 0.15) is 0 Å². The molecule has 1 atom stereocenters. The van der Waals surface area contributed by atoms with Crippen LogP contribution in [0.15, 0.2) is 4.99 Å². The van der Waals surface area contributed by atoms with Crippen LogP contribution in [0.5, 0.6) is 0 Å². The summed E-state index contributed by atoms with van der Waals surface area (Å²) in [6.07, 6.45) is 7.64. The van der Waals surface area contributed by atoms with Gasteiger partial charge in [0.05, 0.1) is 13.2 Å². The van der Waals surface area contributed by atoms with Crippen molar-refractivity contribution in [1.82, 2.24) is 15.5 Å². The molecule has 2 N–H and O–H groups in total. The zero-order chi connectivity index (χ0) is 17.0. The fourth-order valence-corrected chi connectivity index (χ4v) is 3.44. The molecule has 0 aromatic rings. The molecule has 1 aliphatic heterocycles. The third-order valence-corrected chi connectivity index (χ3v) is 5.06. The number of halogens is 1. The Labute approximate surface area is 170 Å². The summed E-state index contributed by atoms with van der Waals surface area (Å²) in [4.78, 5) is 6.76. The van der Waals surface area contributed by atoms with Gasteiger partial charge >= 0.3 is 0 Å². The van der Waals surface area contributed by atoms with Crippen molar-refractivity contribution in [3.8, 4) is 0 Å². The maximum absolute atomic E-state index is 5.72. The molecule has 0 radical (unpaired) electrons. The number of rotatable bonds is 10. The van der Waals surface area contributed by atoms with Gasteiger partial charge in [0.2, 0.25) is 0 Å². The summed E-state index contributed by atoms with van der Waals surface area (Å²) in [5.74, 6) is 1.49. The normalized spacial score (nSPS) is 21.6. The SMILES string of the molecule is CN=C(NCCCOCC1CCOC1)NCCN(C)C1CCCC1.I. The largest absolute Gasteiger partial charge is 0.381 e. The molecule has 7 heteroatoms. The van der Waals surface area contributed by atoms with Gasteiger partial charge in [-0.1, -0.05) is 12.8 Å². The Hall–Kier alpha value is -0.120. The van der Waals surface area contributed by atoms with Gasteiger partial charge in [-0.25, -0.2) is 0 Å². The van der Waals surface area contributed by atoms with Gasteiger partial charge in [-0.3, -0.25) is 4.99 Å². The zero-order valence-corrected chi connectivity index (χ0v) is 18.3. The van der Waals surface area contributed by atoms with Crippen molar-refractivity contribution < 1.29 is 9.47 Å². The molecule has 2 aliphatic rings. The summed E-state index contributed by atoms with van der Waals surface area (Å²) in [5, 5.41) is 6.76. The summed E-state index contributed by atoms with van der Waals surface area (Å²) in [6.45, 7) is 6.28. The maximum Gasteiger partial charge on any atom is 0.191 e. The molecule has 1 unspecified atom stereocenters. The van der Waals surface area contributed by atoms with E-state index in [2.05, 4.69) is 27.6 Å². The van der Waals surface area contributed by atoms with Crippen LogP contribution in [0.1, 0.15) is 38.5 Å². The molecule has 1 saturated heterocycles. The van der Waals surface area contributed by atoms with Crippen LogP contribution in [0.4, 0.5) is 0 Å². The number of ether oxygens (including phenoxy) is 2. The second-order valence-corrected chi connectivity index (χ2v) is 7.00. The molecule has 1 heterocycles. The highest BCUT2D eigenvalue weighted by Gasteiger charge is 2.18. The number of hydrogen-bond acceptors (Lipinski definition) is 4. The second-order valence-electron chi connectivity index (χ2n) is 7.00. The lowest BCUT2D eigenvalue weighted by atomic mass is 10.1. The lowest BCUT2D eigenvalue weighted by Gasteiger charge is -2.24. The standard InChI is InChI=1S/C18H36N4O2.HI/c1-19-18(21-10-11-22(2)17-6-3-4-7-17)20-9-5-12-23-14-16-8-13-24-15-16;/h16-17H,3-15H2,1-2H3,(H2,19,20,21);1H. The van der Waals surface area contributed by atoms with Gasteiger partial charge < -0.3 is 25.0 Å². The minimum Gasteiger partial charge on any atom is -0.381 e. The highest BCUT2D eigenvalue weighted by molar-refractivity contribution is 14.0. The second kappa shape index (κ2) is 14.0. The molecule has 1 aliphatic carbocycles. The van der Waals surface area contributed by atoms with Crippen LogP contribution in [0.25, 0.3) is 0 Å². The first-order valence-corrected chi connectivity index (χ1v) is 9.60. The molecule has 25 heavy (non-hydrogen) atoms. The third-order valence-electron chi connectivity index (χ3n) is 5.06.